The van der Waals surface area contributed by atoms with E-state index in [1.807, 2.05) is 17.9 Å². The minimum Gasteiger partial charge on any atom is -0.313 e. The van der Waals surface area contributed by atoms with Gasteiger partial charge in [0.05, 0.1) is 0 Å². The van der Waals surface area contributed by atoms with Gasteiger partial charge in [0.25, 0.3) is 0 Å². The molecule has 0 aliphatic heterocycles. The van der Waals surface area contributed by atoms with Gasteiger partial charge in [-0.1, -0.05) is 13.8 Å². The van der Waals surface area contributed by atoms with Crippen LogP contribution in [0, 0.1) is 5.92 Å². The summed E-state index contributed by atoms with van der Waals surface area (Å²) in [6.45, 7) is 5.45. The summed E-state index contributed by atoms with van der Waals surface area (Å²) in [5, 5.41) is 7.71. The van der Waals surface area contributed by atoms with E-state index >= 15 is 0 Å². The van der Waals surface area contributed by atoms with Crippen molar-refractivity contribution in [2.75, 3.05) is 12.4 Å². The van der Waals surface area contributed by atoms with Crippen molar-refractivity contribution in [2.45, 2.75) is 32.7 Å². The topological polar surface area (TPSA) is 29.9 Å². The number of aromatic nitrogens is 2. The molecule has 0 aromatic carbocycles. The molecule has 1 heterocycles. The molecule has 1 aromatic heterocycles. The lowest BCUT2D eigenvalue weighted by Crippen LogP contribution is -2.35. The van der Waals surface area contributed by atoms with Crippen LogP contribution in [0.4, 0.5) is 0 Å². The van der Waals surface area contributed by atoms with E-state index in [0.29, 0.717) is 12.0 Å². The van der Waals surface area contributed by atoms with E-state index in [1.54, 1.807) is 0 Å². The summed E-state index contributed by atoms with van der Waals surface area (Å²) < 4.78 is 1.92. The third-order valence-electron chi connectivity index (χ3n) is 2.93. The zero-order valence-electron chi connectivity index (χ0n) is 10.4. The lowest BCUT2D eigenvalue weighted by Gasteiger charge is -2.21. The SMILES string of the molecule is CC(C)C(CCCl)NCCc1ccnn1C. The maximum absolute atomic E-state index is 5.79. The maximum Gasteiger partial charge on any atom is 0.0492 e. The monoisotopic (exact) mass is 243 g/mol. The average molecular weight is 244 g/mol. The molecule has 16 heavy (non-hydrogen) atoms. The Kier molecular flexibility index (Phi) is 5.85. The molecule has 1 rings (SSSR count). The molecule has 1 unspecified atom stereocenters. The Morgan fingerprint density at radius 3 is 2.75 bits per heavy atom. The second-order valence-electron chi connectivity index (χ2n) is 4.48. The third kappa shape index (κ3) is 4.14. The highest BCUT2D eigenvalue weighted by Crippen LogP contribution is 2.07. The van der Waals surface area contributed by atoms with Crippen molar-refractivity contribution in [1.82, 2.24) is 15.1 Å². The molecule has 0 amide bonds. The van der Waals surface area contributed by atoms with Crippen molar-refractivity contribution in [3.63, 3.8) is 0 Å². The normalized spacial score (nSPS) is 13.3. The second-order valence-corrected chi connectivity index (χ2v) is 4.86. The Balaban J connectivity index is 2.30. The zero-order chi connectivity index (χ0) is 12.0. The minimum absolute atomic E-state index is 0.519. The van der Waals surface area contributed by atoms with Crippen LogP contribution in [-0.4, -0.2) is 28.2 Å². The molecule has 0 saturated carbocycles. The highest BCUT2D eigenvalue weighted by molar-refractivity contribution is 6.17. The molecule has 0 saturated heterocycles. The summed E-state index contributed by atoms with van der Waals surface area (Å²) in [7, 11) is 1.98. The highest BCUT2D eigenvalue weighted by atomic mass is 35.5. The molecular formula is C12H22ClN3. The van der Waals surface area contributed by atoms with Gasteiger partial charge in [0, 0.05) is 43.8 Å². The van der Waals surface area contributed by atoms with Crippen molar-refractivity contribution >= 4 is 11.6 Å². The molecule has 1 aromatic rings. The summed E-state index contributed by atoms with van der Waals surface area (Å²) in [6, 6.07) is 2.58. The van der Waals surface area contributed by atoms with Crippen LogP contribution in [0.1, 0.15) is 26.0 Å². The van der Waals surface area contributed by atoms with Crippen molar-refractivity contribution in [1.29, 1.82) is 0 Å². The molecule has 0 aliphatic rings. The molecule has 4 heteroatoms. The van der Waals surface area contributed by atoms with Crippen LogP contribution in [0.25, 0.3) is 0 Å². The van der Waals surface area contributed by atoms with Gasteiger partial charge in [0.1, 0.15) is 0 Å². The Bertz CT molecular complexity index is 296. The van der Waals surface area contributed by atoms with Crippen LogP contribution >= 0.6 is 11.6 Å². The summed E-state index contributed by atoms with van der Waals surface area (Å²) in [5.41, 5.74) is 1.26. The minimum atomic E-state index is 0.519. The van der Waals surface area contributed by atoms with Gasteiger partial charge in [-0.2, -0.15) is 5.10 Å². The largest absolute Gasteiger partial charge is 0.313 e. The van der Waals surface area contributed by atoms with Crippen molar-refractivity contribution in [3.05, 3.63) is 18.0 Å². The van der Waals surface area contributed by atoms with Crippen LogP contribution in [-0.2, 0) is 13.5 Å². The fourth-order valence-electron chi connectivity index (χ4n) is 1.82. The van der Waals surface area contributed by atoms with Crippen LogP contribution in [0.3, 0.4) is 0 Å². The molecule has 1 N–H and O–H groups in total. The Morgan fingerprint density at radius 1 is 1.50 bits per heavy atom. The second kappa shape index (κ2) is 6.92. The fraction of sp³-hybridized carbons (Fsp3) is 0.750. The van der Waals surface area contributed by atoms with Gasteiger partial charge in [-0.3, -0.25) is 4.68 Å². The first kappa shape index (κ1) is 13.5. The van der Waals surface area contributed by atoms with Crippen LogP contribution in [0.15, 0.2) is 12.3 Å². The van der Waals surface area contributed by atoms with E-state index in [-0.39, 0.29) is 0 Å². The van der Waals surface area contributed by atoms with E-state index in [9.17, 15) is 0 Å². The first-order chi connectivity index (χ1) is 7.65. The summed E-state index contributed by atoms with van der Waals surface area (Å²) in [4.78, 5) is 0. The van der Waals surface area contributed by atoms with E-state index < -0.39 is 0 Å². The molecule has 0 aliphatic carbocycles. The lowest BCUT2D eigenvalue weighted by atomic mass is 10.0. The number of alkyl halides is 1. The van der Waals surface area contributed by atoms with Gasteiger partial charge in [-0.25, -0.2) is 0 Å². The maximum atomic E-state index is 5.79. The van der Waals surface area contributed by atoms with E-state index in [4.69, 9.17) is 11.6 Å². The first-order valence-corrected chi connectivity index (χ1v) is 6.44. The standard InChI is InChI=1S/C12H22ClN3/c1-10(2)12(4-7-13)14-8-5-11-6-9-15-16(11)3/h6,9-10,12,14H,4-5,7-8H2,1-3H3. The zero-order valence-corrected chi connectivity index (χ0v) is 11.2. The van der Waals surface area contributed by atoms with Gasteiger partial charge >= 0.3 is 0 Å². The Hall–Kier alpha value is -0.540. The fourth-order valence-corrected chi connectivity index (χ4v) is 2.06. The highest BCUT2D eigenvalue weighted by Gasteiger charge is 2.11. The van der Waals surface area contributed by atoms with Gasteiger partial charge in [-0.15, -0.1) is 11.6 Å². The molecule has 3 nitrogen and oxygen atoms in total. The molecule has 1 atom stereocenters. The number of hydrogen-bond donors (Lipinski definition) is 1. The number of nitrogens with zero attached hydrogens (tertiary/aromatic N) is 2. The molecule has 92 valence electrons. The first-order valence-electron chi connectivity index (χ1n) is 5.91. The van der Waals surface area contributed by atoms with E-state index in [0.717, 1.165) is 25.3 Å². The predicted molar refractivity (Wildman–Crippen MR) is 68.9 cm³/mol. The van der Waals surface area contributed by atoms with E-state index in [2.05, 4.69) is 30.3 Å². The van der Waals surface area contributed by atoms with Crippen LogP contribution in [0.5, 0.6) is 0 Å². The number of nitrogens with one attached hydrogen (secondary N) is 1. The number of hydrogen-bond acceptors (Lipinski definition) is 2. The molecule has 0 spiro atoms. The van der Waals surface area contributed by atoms with E-state index in [1.165, 1.54) is 5.69 Å². The summed E-state index contributed by atoms with van der Waals surface area (Å²) >= 11 is 5.79. The summed E-state index contributed by atoms with van der Waals surface area (Å²) in [6.07, 6.45) is 3.89. The molecule has 0 bridgehead atoms. The van der Waals surface area contributed by atoms with Gasteiger partial charge < -0.3 is 5.32 Å². The van der Waals surface area contributed by atoms with Crippen LogP contribution in [0.2, 0.25) is 0 Å². The quantitative estimate of drug-likeness (QED) is 0.745. The van der Waals surface area contributed by atoms with Crippen molar-refractivity contribution < 1.29 is 0 Å². The Morgan fingerprint density at radius 2 is 2.25 bits per heavy atom. The van der Waals surface area contributed by atoms with Gasteiger partial charge in [0.15, 0.2) is 0 Å². The van der Waals surface area contributed by atoms with Gasteiger partial charge in [0.2, 0.25) is 0 Å². The molecular weight excluding hydrogens is 222 g/mol. The van der Waals surface area contributed by atoms with Crippen molar-refractivity contribution in [3.8, 4) is 0 Å². The molecule has 0 fully saturated rings. The smallest absolute Gasteiger partial charge is 0.0492 e. The molecule has 0 radical (unpaired) electrons. The van der Waals surface area contributed by atoms with Crippen LogP contribution < -0.4 is 5.32 Å². The average Bonchev–Trinajstić information content (AvgIpc) is 2.63. The lowest BCUT2D eigenvalue weighted by molar-refractivity contribution is 0.391. The Labute approximate surface area is 103 Å². The number of halogens is 1. The number of rotatable bonds is 7. The third-order valence-corrected chi connectivity index (χ3v) is 3.15. The summed E-state index contributed by atoms with van der Waals surface area (Å²) in [5.74, 6) is 1.35. The van der Waals surface area contributed by atoms with Gasteiger partial charge in [-0.05, 0) is 18.4 Å². The predicted octanol–water partition coefficient (Wildman–Crippen LogP) is 2.21. The van der Waals surface area contributed by atoms with Crippen molar-refractivity contribution in [2.24, 2.45) is 13.0 Å². The number of aryl methyl sites for hydroxylation is 1.